The normalized spacial score (nSPS) is 18.8. The van der Waals surface area contributed by atoms with Crippen LogP contribution in [0.3, 0.4) is 0 Å². The highest BCUT2D eigenvalue weighted by molar-refractivity contribution is 7.03. The molecule has 3 rings (SSSR count). The molecule has 1 saturated heterocycles. The van der Waals surface area contributed by atoms with Crippen LogP contribution in [0.4, 0.5) is 0 Å². The van der Waals surface area contributed by atoms with Gasteiger partial charge in [-0.1, -0.05) is 50.9 Å². The summed E-state index contributed by atoms with van der Waals surface area (Å²) in [6.07, 6.45) is 6.42. The van der Waals surface area contributed by atoms with Gasteiger partial charge in [0.1, 0.15) is 6.04 Å². The van der Waals surface area contributed by atoms with Crippen molar-refractivity contribution in [2.75, 3.05) is 26.7 Å². The molecule has 2 atom stereocenters. The van der Waals surface area contributed by atoms with Crippen LogP contribution in [0, 0.1) is 17.3 Å². The molecular weight excluding hydrogens is 496 g/mol. The number of likely N-dealkylation sites (N-methyl/N-ethyl adjacent to an activating group) is 1. The zero-order valence-electron chi connectivity index (χ0n) is 22.3. The lowest BCUT2D eigenvalue weighted by Gasteiger charge is -2.40. The number of nitrogens with zero attached hydrogens (tertiary/aromatic N) is 5. The number of hydroxylamine groups is 2. The van der Waals surface area contributed by atoms with Gasteiger partial charge >= 0.3 is 0 Å². The molecule has 0 bridgehead atoms. The van der Waals surface area contributed by atoms with Crippen LogP contribution in [0.1, 0.15) is 76.2 Å². The van der Waals surface area contributed by atoms with Crippen LogP contribution in [-0.4, -0.2) is 92.6 Å². The van der Waals surface area contributed by atoms with Crippen molar-refractivity contribution in [3.05, 3.63) is 11.1 Å². The van der Waals surface area contributed by atoms with Gasteiger partial charge in [-0.3, -0.25) is 24.4 Å². The van der Waals surface area contributed by atoms with Crippen molar-refractivity contribution in [3.63, 3.8) is 0 Å². The number of rotatable bonds is 10. The summed E-state index contributed by atoms with van der Waals surface area (Å²) in [4.78, 5) is 54.1. The van der Waals surface area contributed by atoms with Gasteiger partial charge in [0.2, 0.25) is 18.2 Å². The standard InChI is InChI=1S/C25H40N6O5S/c1-25(2,3)21(26-22(33)18(14-31(36)16-32)13-17-7-5-6-8-17)24(35)29(4)19-9-11-30(12-10-19)23(34)20-15-37-28-27-20/h15-19,21,36H,5-14H2,1-4H3,(H,26,33)/t18-,21-/m1/s1. The highest BCUT2D eigenvalue weighted by Gasteiger charge is 2.39. The molecule has 206 valence electrons. The lowest BCUT2D eigenvalue weighted by Crippen LogP contribution is -2.58. The van der Waals surface area contributed by atoms with Crippen molar-refractivity contribution in [2.45, 2.75) is 77.8 Å². The Balaban J connectivity index is 1.64. The van der Waals surface area contributed by atoms with E-state index in [4.69, 9.17) is 0 Å². The van der Waals surface area contributed by atoms with Crippen LogP contribution < -0.4 is 5.32 Å². The van der Waals surface area contributed by atoms with Gasteiger partial charge in [-0.15, -0.1) is 5.10 Å². The summed E-state index contributed by atoms with van der Waals surface area (Å²) >= 11 is 1.14. The molecule has 12 heteroatoms. The van der Waals surface area contributed by atoms with Crippen LogP contribution in [0.25, 0.3) is 0 Å². The van der Waals surface area contributed by atoms with E-state index in [9.17, 15) is 24.4 Å². The zero-order chi connectivity index (χ0) is 27.2. The molecule has 1 aromatic heterocycles. The van der Waals surface area contributed by atoms with E-state index >= 15 is 0 Å². The summed E-state index contributed by atoms with van der Waals surface area (Å²) in [5.41, 5.74) is -0.219. The summed E-state index contributed by atoms with van der Waals surface area (Å²) in [5, 5.41) is 18.8. The molecule has 37 heavy (non-hydrogen) atoms. The topological polar surface area (TPSA) is 136 Å². The van der Waals surface area contributed by atoms with Gasteiger partial charge < -0.3 is 15.1 Å². The Bertz CT molecular complexity index is 923. The highest BCUT2D eigenvalue weighted by Crippen LogP contribution is 2.31. The summed E-state index contributed by atoms with van der Waals surface area (Å²) in [5.74, 6) is -0.898. The third-order valence-corrected chi connectivity index (χ3v) is 8.12. The van der Waals surface area contributed by atoms with Crippen LogP contribution >= 0.6 is 11.5 Å². The van der Waals surface area contributed by atoms with Gasteiger partial charge in [0.05, 0.1) is 12.5 Å². The number of piperidine rings is 1. The second-order valence-electron chi connectivity index (χ2n) is 11.4. The fourth-order valence-corrected chi connectivity index (χ4v) is 5.78. The van der Waals surface area contributed by atoms with Gasteiger partial charge in [-0.25, -0.2) is 5.06 Å². The van der Waals surface area contributed by atoms with Crippen LogP contribution in [-0.2, 0) is 14.4 Å². The maximum absolute atomic E-state index is 13.7. The first-order chi connectivity index (χ1) is 17.5. The predicted molar refractivity (Wildman–Crippen MR) is 138 cm³/mol. The number of aromatic nitrogens is 2. The van der Waals surface area contributed by atoms with E-state index in [0.717, 1.165) is 37.2 Å². The molecule has 0 radical (unpaired) electrons. The monoisotopic (exact) mass is 536 g/mol. The van der Waals surface area contributed by atoms with Gasteiger partial charge in [0.15, 0.2) is 5.69 Å². The fourth-order valence-electron chi connectivity index (χ4n) is 5.35. The van der Waals surface area contributed by atoms with E-state index in [0.29, 0.717) is 55.4 Å². The number of carbonyl (C=O) groups excluding carboxylic acids is 4. The average Bonchev–Trinajstić information content (AvgIpc) is 3.59. The first-order valence-electron chi connectivity index (χ1n) is 13.1. The fraction of sp³-hybridized carbons (Fsp3) is 0.760. The maximum Gasteiger partial charge on any atom is 0.275 e. The van der Waals surface area contributed by atoms with E-state index in [2.05, 4.69) is 14.9 Å². The van der Waals surface area contributed by atoms with Gasteiger partial charge in [-0.05, 0) is 42.1 Å². The summed E-state index contributed by atoms with van der Waals surface area (Å²) in [6, 6.07) is -0.843. The van der Waals surface area contributed by atoms with Crippen LogP contribution in [0.15, 0.2) is 5.38 Å². The number of likely N-dealkylation sites (tertiary alicyclic amines) is 1. The van der Waals surface area contributed by atoms with Gasteiger partial charge in [0, 0.05) is 31.6 Å². The zero-order valence-corrected chi connectivity index (χ0v) is 23.1. The van der Waals surface area contributed by atoms with Crippen molar-refractivity contribution in [1.82, 2.24) is 29.8 Å². The Hall–Kier alpha value is -2.60. The quantitative estimate of drug-likeness (QED) is 0.266. The molecule has 1 saturated carbocycles. The molecule has 4 amide bonds. The first kappa shape index (κ1) is 29.0. The molecule has 1 aliphatic heterocycles. The molecule has 1 aliphatic carbocycles. The molecule has 2 fully saturated rings. The number of amides is 4. The van der Waals surface area contributed by atoms with E-state index in [1.54, 1.807) is 22.2 Å². The summed E-state index contributed by atoms with van der Waals surface area (Å²) in [7, 11) is 1.75. The lowest BCUT2D eigenvalue weighted by atomic mass is 9.84. The Kier molecular flexibility index (Phi) is 10.00. The predicted octanol–water partition coefficient (Wildman–Crippen LogP) is 2.18. The SMILES string of the molecule is CN(C(=O)[C@@H](NC(=O)[C@H](CC1CCCC1)CN(O)C=O)C(C)(C)C)C1CCN(C(=O)c2csnn2)CC1. The third kappa shape index (κ3) is 7.70. The smallest absolute Gasteiger partial charge is 0.275 e. The van der Waals surface area contributed by atoms with Crippen molar-refractivity contribution in [2.24, 2.45) is 17.3 Å². The molecule has 0 aromatic carbocycles. The molecular formula is C25H40N6O5S. The minimum Gasteiger partial charge on any atom is -0.344 e. The number of hydrogen-bond donors (Lipinski definition) is 2. The van der Waals surface area contributed by atoms with E-state index in [-0.39, 0.29) is 30.3 Å². The largest absolute Gasteiger partial charge is 0.344 e. The molecule has 0 spiro atoms. The second kappa shape index (κ2) is 12.8. The third-order valence-electron chi connectivity index (χ3n) is 7.62. The van der Waals surface area contributed by atoms with Crippen molar-refractivity contribution in [1.29, 1.82) is 0 Å². The molecule has 2 aliphatic rings. The Morgan fingerprint density at radius 1 is 1.22 bits per heavy atom. The number of hydrogen-bond acceptors (Lipinski definition) is 8. The highest BCUT2D eigenvalue weighted by atomic mass is 32.1. The van der Waals surface area contributed by atoms with Gasteiger partial charge in [-0.2, -0.15) is 0 Å². The molecule has 11 nitrogen and oxygen atoms in total. The molecule has 2 N–H and O–H groups in total. The maximum atomic E-state index is 13.7. The molecule has 1 aromatic rings. The average molecular weight is 537 g/mol. The minimum atomic E-state index is -0.778. The summed E-state index contributed by atoms with van der Waals surface area (Å²) in [6.45, 7) is 6.63. The van der Waals surface area contributed by atoms with E-state index in [1.807, 2.05) is 20.8 Å². The number of carbonyl (C=O) groups is 4. The Morgan fingerprint density at radius 2 is 1.86 bits per heavy atom. The lowest BCUT2D eigenvalue weighted by molar-refractivity contribution is -0.156. The van der Waals surface area contributed by atoms with Crippen molar-refractivity contribution in [3.8, 4) is 0 Å². The molecule has 0 unspecified atom stereocenters. The van der Waals surface area contributed by atoms with Crippen molar-refractivity contribution >= 4 is 35.7 Å². The van der Waals surface area contributed by atoms with Crippen LogP contribution in [0.2, 0.25) is 0 Å². The Morgan fingerprint density at radius 3 is 2.41 bits per heavy atom. The van der Waals surface area contributed by atoms with Gasteiger partial charge in [0.25, 0.3) is 5.91 Å². The first-order valence-corrected chi connectivity index (χ1v) is 13.9. The minimum absolute atomic E-state index is 0.0656. The van der Waals surface area contributed by atoms with E-state index in [1.165, 1.54) is 0 Å². The van der Waals surface area contributed by atoms with E-state index < -0.39 is 17.4 Å². The Labute approximate surface area is 222 Å². The van der Waals surface area contributed by atoms with Crippen molar-refractivity contribution < 1.29 is 24.4 Å². The second-order valence-corrected chi connectivity index (χ2v) is 12.0. The number of nitrogens with one attached hydrogen (secondary N) is 1. The molecule has 2 heterocycles. The summed E-state index contributed by atoms with van der Waals surface area (Å²) < 4.78 is 3.75. The van der Waals surface area contributed by atoms with Crippen LogP contribution in [0.5, 0.6) is 0 Å².